The van der Waals surface area contributed by atoms with E-state index in [-0.39, 0.29) is 42.9 Å². The predicted molar refractivity (Wildman–Crippen MR) is 132 cm³/mol. The zero-order chi connectivity index (χ0) is 26.3. The minimum atomic E-state index is -1.17. The fraction of sp³-hybridized carbons (Fsp3) is 0.741. The van der Waals surface area contributed by atoms with Crippen LogP contribution in [0.15, 0.2) is 25.3 Å². The number of rotatable bonds is 11. The van der Waals surface area contributed by atoms with Crippen molar-refractivity contribution in [2.45, 2.75) is 83.7 Å². The van der Waals surface area contributed by atoms with Crippen molar-refractivity contribution in [3.8, 4) is 0 Å². The molecule has 3 fully saturated rings. The molecule has 35 heavy (non-hydrogen) atoms. The number of aliphatic hydroxyl groups is 1. The van der Waals surface area contributed by atoms with Gasteiger partial charge < -0.3 is 24.4 Å². The zero-order valence-electron chi connectivity index (χ0n) is 22.0. The third-order valence-corrected chi connectivity index (χ3v) is 8.16. The standard InChI is InChI=1S/C27H42N2O6/c1-9-11-28(17(5)6)24(32)22-27-14-18(7)26(8,35-27)21(25(33)34-12-10-2)20(27)23(31)29(22)19(15-30)13-16(3)4/h9-10,16-22,30H,1-2,11-15H2,3-8H3/t18?,19-,20+,21-,22?,26+,27?/m1/s1. The van der Waals surface area contributed by atoms with Crippen LogP contribution in [0.5, 0.6) is 0 Å². The van der Waals surface area contributed by atoms with Gasteiger partial charge in [-0.25, -0.2) is 0 Å². The first-order valence-corrected chi connectivity index (χ1v) is 12.7. The van der Waals surface area contributed by atoms with Crippen LogP contribution in [0, 0.1) is 23.7 Å². The third-order valence-electron chi connectivity index (χ3n) is 8.16. The van der Waals surface area contributed by atoms with E-state index in [0.717, 1.165) is 0 Å². The maximum absolute atomic E-state index is 14.2. The molecule has 3 aliphatic rings. The number of esters is 1. The Morgan fingerprint density at radius 1 is 1.29 bits per heavy atom. The number of hydrogen-bond acceptors (Lipinski definition) is 6. The lowest BCUT2D eigenvalue weighted by molar-refractivity contribution is -0.163. The average Bonchev–Trinajstić information content (AvgIpc) is 3.30. The summed E-state index contributed by atoms with van der Waals surface area (Å²) < 4.78 is 12.1. The summed E-state index contributed by atoms with van der Waals surface area (Å²) in [5, 5.41) is 10.3. The summed E-state index contributed by atoms with van der Waals surface area (Å²) in [4.78, 5) is 44.9. The molecule has 0 saturated carbocycles. The number of amides is 2. The van der Waals surface area contributed by atoms with Crippen molar-refractivity contribution in [2.75, 3.05) is 19.8 Å². The minimum absolute atomic E-state index is 0.0346. The highest BCUT2D eigenvalue weighted by atomic mass is 16.6. The van der Waals surface area contributed by atoms with Crippen LogP contribution < -0.4 is 0 Å². The molecular weight excluding hydrogens is 448 g/mol. The molecule has 3 aliphatic heterocycles. The van der Waals surface area contributed by atoms with Crippen LogP contribution in [0.4, 0.5) is 0 Å². The van der Waals surface area contributed by atoms with E-state index in [1.807, 2.05) is 41.5 Å². The van der Waals surface area contributed by atoms with E-state index >= 15 is 0 Å². The van der Waals surface area contributed by atoms with Crippen LogP contribution in [0.1, 0.15) is 54.4 Å². The summed E-state index contributed by atoms with van der Waals surface area (Å²) >= 11 is 0. The van der Waals surface area contributed by atoms with E-state index in [0.29, 0.717) is 19.4 Å². The zero-order valence-corrected chi connectivity index (χ0v) is 22.0. The van der Waals surface area contributed by atoms with Gasteiger partial charge >= 0.3 is 5.97 Å². The van der Waals surface area contributed by atoms with Crippen LogP contribution in [-0.4, -0.2) is 81.8 Å². The number of carbonyl (C=O) groups excluding carboxylic acids is 3. The molecule has 0 aromatic carbocycles. The van der Waals surface area contributed by atoms with E-state index in [1.165, 1.54) is 11.0 Å². The Hall–Kier alpha value is -2.19. The topological polar surface area (TPSA) is 96.4 Å². The van der Waals surface area contributed by atoms with Crippen molar-refractivity contribution in [3.05, 3.63) is 25.3 Å². The number of likely N-dealkylation sites (tertiary alicyclic amines) is 1. The summed E-state index contributed by atoms with van der Waals surface area (Å²) in [6, 6.07) is -1.64. The van der Waals surface area contributed by atoms with Gasteiger partial charge in [0.05, 0.1) is 24.2 Å². The van der Waals surface area contributed by atoms with Crippen molar-refractivity contribution < 1.29 is 29.0 Å². The van der Waals surface area contributed by atoms with Gasteiger partial charge in [0, 0.05) is 12.6 Å². The fourth-order valence-corrected chi connectivity index (χ4v) is 6.61. The molecule has 1 spiro atoms. The van der Waals surface area contributed by atoms with Gasteiger partial charge in [0.1, 0.15) is 24.2 Å². The van der Waals surface area contributed by atoms with Gasteiger partial charge in [0.15, 0.2) is 0 Å². The minimum Gasteiger partial charge on any atom is -0.461 e. The number of hydrogen-bond donors (Lipinski definition) is 1. The highest BCUT2D eigenvalue weighted by Gasteiger charge is 2.80. The Bertz CT molecular complexity index is 872. The molecule has 8 nitrogen and oxygen atoms in total. The molecule has 0 aromatic heterocycles. The van der Waals surface area contributed by atoms with Gasteiger partial charge in [-0.1, -0.05) is 39.5 Å². The number of fused-ring (bicyclic) bond motifs is 1. The Kier molecular flexibility index (Phi) is 7.87. The molecular formula is C27H42N2O6. The normalized spacial score (nSPS) is 34.3. The quantitative estimate of drug-likeness (QED) is 0.353. The number of ether oxygens (including phenoxy) is 2. The monoisotopic (exact) mass is 490 g/mol. The fourth-order valence-electron chi connectivity index (χ4n) is 6.61. The smallest absolute Gasteiger partial charge is 0.313 e. The molecule has 2 amide bonds. The van der Waals surface area contributed by atoms with Crippen molar-refractivity contribution in [3.63, 3.8) is 0 Å². The molecule has 1 N–H and O–H groups in total. The van der Waals surface area contributed by atoms with Gasteiger partial charge in [-0.2, -0.15) is 0 Å². The van der Waals surface area contributed by atoms with Gasteiger partial charge in [-0.15, -0.1) is 6.58 Å². The van der Waals surface area contributed by atoms with Crippen LogP contribution in [-0.2, 0) is 23.9 Å². The van der Waals surface area contributed by atoms with Crippen LogP contribution >= 0.6 is 0 Å². The van der Waals surface area contributed by atoms with E-state index in [9.17, 15) is 19.5 Å². The van der Waals surface area contributed by atoms with E-state index in [2.05, 4.69) is 13.2 Å². The molecule has 3 rings (SSSR count). The van der Waals surface area contributed by atoms with Crippen molar-refractivity contribution in [2.24, 2.45) is 23.7 Å². The summed E-state index contributed by atoms with van der Waals surface area (Å²) in [6.45, 7) is 19.2. The molecule has 0 aliphatic carbocycles. The van der Waals surface area contributed by atoms with E-state index in [1.54, 1.807) is 11.0 Å². The lowest BCUT2D eigenvalue weighted by Crippen LogP contribution is -2.60. The highest BCUT2D eigenvalue weighted by molar-refractivity contribution is 5.99. The second-order valence-electron chi connectivity index (χ2n) is 11.2. The summed E-state index contributed by atoms with van der Waals surface area (Å²) in [6.07, 6.45) is 4.15. The van der Waals surface area contributed by atoms with Crippen molar-refractivity contribution in [1.29, 1.82) is 0 Å². The summed E-state index contributed by atoms with van der Waals surface area (Å²) in [7, 11) is 0. The predicted octanol–water partition coefficient (Wildman–Crippen LogP) is 2.56. The summed E-state index contributed by atoms with van der Waals surface area (Å²) in [5.74, 6) is -2.66. The van der Waals surface area contributed by atoms with Gasteiger partial charge in [-0.3, -0.25) is 14.4 Å². The first-order valence-electron chi connectivity index (χ1n) is 12.7. The number of carbonyl (C=O) groups is 3. The molecule has 3 saturated heterocycles. The number of nitrogens with zero attached hydrogens (tertiary/aromatic N) is 2. The second kappa shape index (κ2) is 10.1. The highest BCUT2D eigenvalue weighted by Crippen LogP contribution is 2.65. The van der Waals surface area contributed by atoms with Crippen molar-refractivity contribution >= 4 is 17.8 Å². The molecule has 0 aromatic rings. The number of aliphatic hydroxyl groups excluding tert-OH is 1. The van der Waals surface area contributed by atoms with E-state index in [4.69, 9.17) is 9.47 Å². The average molecular weight is 491 g/mol. The molecule has 0 radical (unpaired) electrons. The lowest BCUT2D eigenvalue weighted by Gasteiger charge is -2.41. The molecule has 7 atom stereocenters. The Labute approximate surface area is 209 Å². The maximum atomic E-state index is 14.2. The maximum Gasteiger partial charge on any atom is 0.313 e. The molecule has 196 valence electrons. The molecule has 3 heterocycles. The Balaban J connectivity index is 2.18. The molecule has 2 bridgehead atoms. The first-order chi connectivity index (χ1) is 16.4. The van der Waals surface area contributed by atoms with Gasteiger partial charge in [0.2, 0.25) is 11.8 Å². The lowest BCUT2D eigenvalue weighted by atomic mass is 9.62. The Morgan fingerprint density at radius 2 is 1.94 bits per heavy atom. The SMILES string of the molecule is C=CCOC(=O)[C@H]1[C@H]2C(=O)N([C@@H](CO)CC(C)C)C(C(=O)N(CC=C)C(C)C)C23CC(C)[C@]1(C)O3. The first kappa shape index (κ1) is 27.4. The van der Waals surface area contributed by atoms with Gasteiger partial charge in [0.25, 0.3) is 0 Å². The molecule has 8 heteroatoms. The largest absolute Gasteiger partial charge is 0.461 e. The summed E-state index contributed by atoms with van der Waals surface area (Å²) in [5.41, 5.74) is -2.10. The third kappa shape index (κ3) is 4.22. The second-order valence-corrected chi connectivity index (χ2v) is 11.2. The van der Waals surface area contributed by atoms with Crippen LogP contribution in [0.2, 0.25) is 0 Å². The van der Waals surface area contributed by atoms with Crippen LogP contribution in [0.25, 0.3) is 0 Å². The van der Waals surface area contributed by atoms with Crippen LogP contribution in [0.3, 0.4) is 0 Å². The van der Waals surface area contributed by atoms with Crippen molar-refractivity contribution in [1.82, 2.24) is 9.80 Å². The molecule has 3 unspecified atom stereocenters. The van der Waals surface area contributed by atoms with Gasteiger partial charge in [-0.05, 0) is 45.4 Å². The van der Waals surface area contributed by atoms with E-state index < -0.39 is 41.1 Å². The Morgan fingerprint density at radius 3 is 2.46 bits per heavy atom.